The molecule has 0 aromatic heterocycles. The summed E-state index contributed by atoms with van der Waals surface area (Å²) in [4.78, 5) is 22.8. The molecule has 0 aliphatic carbocycles. The average molecular weight is 274 g/mol. The van der Waals surface area contributed by atoms with Crippen molar-refractivity contribution >= 4 is 11.9 Å². The first-order valence-electron chi connectivity index (χ1n) is 6.47. The molecule has 7 heteroatoms. The standard InChI is InChI=1S/C12H22N2O5/c1-18-5-2-3-10(12(16)17)14-11(15)7-9-8-13-4-6-19-9/h9-10,13H,2-8H2,1H3,(H,14,15)(H,16,17). The summed E-state index contributed by atoms with van der Waals surface area (Å²) in [5, 5.41) is 14.7. The van der Waals surface area contributed by atoms with Gasteiger partial charge in [-0.25, -0.2) is 4.79 Å². The largest absolute Gasteiger partial charge is 0.480 e. The summed E-state index contributed by atoms with van der Waals surface area (Å²) >= 11 is 0. The Kier molecular flexibility index (Phi) is 7.39. The third kappa shape index (κ3) is 6.51. The average Bonchev–Trinajstić information content (AvgIpc) is 2.38. The van der Waals surface area contributed by atoms with E-state index in [0.717, 1.165) is 6.54 Å². The van der Waals surface area contributed by atoms with E-state index in [0.29, 0.717) is 32.6 Å². The van der Waals surface area contributed by atoms with E-state index in [1.807, 2.05) is 0 Å². The van der Waals surface area contributed by atoms with Crippen LogP contribution < -0.4 is 10.6 Å². The molecule has 1 saturated heterocycles. The van der Waals surface area contributed by atoms with Gasteiger partial charge in [-0.2, -0.15) is 0 Å². The SMILES string of the molecule is COCCCC(NC(=O)CC1CNCCO1)C(=O)O. The zero-order valence-electron chi connectivity index (χ0n) is 11.2. The van der Waals surface area contributed by atoms with E-state index in [-0.39, 0.29) is 18.4 Å². The number of nitrogens with one attached hydrogen (secondary N) is 2. The molecular formula is C12H22N2O5. The second kappa shape index (κ2) is 8.84. The van der Waals surface area contributed by atoms with Crippen molar-refractivity contribution in [1.82, 2.24) is 10.6 Å². The Labute approximate surface area is 112 Å². The lowest BCUT2D eigenvalue weighted by molar-refractivity contribution is -0.142. The molecule has 0 saturated carbocycles. The number of morpholine rings is 1. The molecular weight excluding hydrogens is 252 g/mol. The Bertz CT molecular complexity index is 292. The summed E-state index contributed by atoms with van der Waals surface area (Å²) in [5.74, 6) is -1.31. The number of hydrogen-bond donors (Lipinski definition) is 3. The molecule has 0 aromatic rings. The third-order valence-corrected chi connectivity index (χ3v) is 2.89. The van der Waals surface area contributed by atoms with Crippen LogP contribution >= 0.6 is 0 Å². The summed E-state index contributed by atoms with van der Waals surface area (Å²) in [6.45, 7) is 2.46. The van der Waals surface area contributed by atoms with E-state index in [4.69, 9.17) is 14.6 Å². The van der Waals surface area contributed by atoms with Gasteiger partial charge in [0.15, 0.2) is 0 Å². The Morgan fingerprint density at radius 1 is 1.58 bits per heavy atom. The summed E-state index contributed by atoms with van der Waals surface area (Å²) in [6.07, 6.45) is 0.955. The fourth-order valence-electron chi connectivity index (χ4n) is 1.90. The van der Waals surface area contributed by atoms with Crippen LogP contribution in [0.5, 0.6) is 0 Å². The second-order valence-electron chi connectivity index (χ2n) is 4.49. The Hall–Kier alpha value is -1.18. The maximum Gasteiger partial charge on any atom is 0.326 e. The highest BCUT2D eigenvalue weighted by Gasteiger charge is 2.22. The number of aliphatic carboxylic acids is 1. The van der Waals surface area contributed by atoms with E-state index in [1.54, 1.807) is 7.11 Å². The van der Waals surface area contributed by atoms with Crippen LogP contribution in [0.2, 0.25) is 0 Å². The van der Waals surface area contributed by atoms with Gasteiger partial charge in [0.2, 0.25) is 5.91 Å². The van der Waals surface area contributed by atoms with Gasteiger partial charge in [0.1, 0.15) is 6.04 Å². The number of carbonyl (C=O) groups excluding carboxylic acids is 1. The highest BCUT2D eigenvalue weighted by molar-refractivity contribution is 5.83. The zero-order chi connectivity index (χ0) is 14.1. The van der Waals surface area contributed by atoms with Crippen LogP contribution in [0.15, 0.2) is 0 Å². The van der Waals surface area contributed by atoms with Gasteiger partial charge < -0.3 is 25.2 Å². The van der Waals surface area contributed by atoms with Crippen LogP contribution in [0.4, 0.5) is 0 Å². The Morgan fingerprint density at radius 2 is 2.37 bits per heavy atom. The maximum atomic E-state index is 11.7. The first-order chi connectivity index (χ1) is 9.13. The van der Waals surface area contributed by atoms with Crippen LogP contribution in [-0.4, -0.2) is 62.5 Å². The van der Waals surface area contributed by atoms with Crippen molar-refractivity contribution in [3.63, 3.8) is 0 Å². The van der Waals surface area contributed by atoms with Gasteiger partial charge in [0.05, 0.1) is 19.1 Å². The van der Waals surface area contributed by atoms with E-state index < -0.39 is 12.0 Å². The lowest BCUT2D eigenvalue weighted by atomic mass is 10.1. The van der Waals surface area contributed by atoms with Crippen molar-refractivity contribution in [1.29, 1.82) is 0 Å². The molecule has 110 valence electrons. The van der Waals surface area contributed by atoms with Crippen molar-refractivity contribution in [2.75, 3.05) is 33.4 Å². The molecule has 0 radical (unpaired) electrons. The van der Waals surface area contributed by atoms with Gasteiger partial charge in [-0.3, -0.25) is 4.79 Å². The molecule has 0 aromatic carbocycles. The van der Waals surface area contributed by atoms with Gasteiger partial charge in [0.25, 0.3) is 0 Å². The molecule has 7 nitrogen and oxygen atoms in total. The van der Waals surface area contributed by atoms with Gasteiger partial charge >= 0.3 is 5.97 Å². The Morgan fingerprint density at radius 3 is 2.95 bits per heavy atom. The predicted octanol–water partition coefficient (Wildman–Crippen LogP) is -0.639. The predicted molar refractivity (Wildman–Crippen MR) is 67.9 cm³/mol. The molecule has 1 aliphatic rings. The van der Waals surface area contributed by atoms with Crippen LogP contribution in [-0.2, 0) is 19.1 Å². The van der Waals surface area contributed by atoms with Crippen molar-refractivity contribution in [2.45, 2.75) is 31.4 Å². The monoisotopic (exact) mass is 274 g/mol. The molecule has 2 unspecified atom stereocenters. The smallest absolute Gasteiger partial charge is 0.326 e. The Balaban J connectivity index is 2.31. The number of hydrogen-bond acceptors (Lipinski definition) is 5. The fourth-order valence-corrected chi connectivity index (χ4v) is 1.90. The number of carbonyl (C=O) groups is 2. The minimum absolute atomic E-state index is 0.179. The van der Waals surface area contributed by atoms with Gasteiger partial charge in [-0.05, 0) is 12.8 Å². The van der Waals surface area contributed by atoms with Gasteiger partial charge in [-0.1, -0.05) is 0 Å². The quantitative estimate of drug-likeness (QED) is 0.509. The molecule has 1 heterocycles. The second-order valence-corrected chi connectivity index (χ2v) is 4.49. The number of rotatable bonds is 8. The summed E-state index contributed by atoms with van der Waals surface area (Å²) < 4.78 is 10.3. The number of amides is 1. The molecule has 2 atom stereocenters. The van der Waals surface area contributed by atoms with Crippen LogP contribution in [0, 0.1) is 0 Å². The van der Waals surface area contributed by atoms with Gasteiger partial charge in [-0.15, -0.1) is 0 Å². The van der Waals surface area contributed by atoms with Crippen molar-refractivity contribution in [2.24, 2.45) is 0 Å². The first kappa shape index (κ1) is 15.9. The van der Waals surface area contributed by atoms with Crippen molar-refractivity contribution < 1.29 is 24.2 Å². The molecule has 1 fully saturated rings. The van der Waals surface area contributed by atoms with Gasteiger partial charge in [0, 0.05) is 26.8 Å². The fraction of sp³-hybridized carbons (Fsp3) is 0.833. The van der Waals surface area contributed by atoms with Crippen LogP contribution in [0.25, 0.3) is 0 Å². The van der Waals surface area contributed by atoms with E-state index in [9.17, 15) is 9.59 Å². The molecule has 1 rings (SSSR count). The lowest BCUT2D eigenvalue weighted by Gasteiger charge is -2.23. The topological polar surface area (TPSA) is 96.9 Å². The molecule has 0 spiro atoms. The first-order valence-corrected chi connectivity index (χ1v) is 6.47. The highest BCUT2D eigenvalue weighted by atomic mass is 16.5. The van der Waals surface area contributed by atoms with Crippen LogP contribution in [0.1, 0.15) is 19.3 Å². The van der Waals surface area contributed by atoms with Crippen molar-refractivity contribution in [3.8, 4) is 0 Å². The molecule has 19 heavy (non-hydrogen) atoms. The van der Waals surface area contributed by atoms with Crippen molar-refractivity contribution in [3.05, 3.63) is 0 Å². The summed E-state index contributed by atoms with van der Waals surface area (Å²) in [7, 11) is 1.56. The number of ether oxygens (including phenoxy) is 2. The number of carboxylic acids is 1. The normalized spacial score (nSPS) is 20.8. The number of carboxylic acid groups (broad SMARTS) is 1. The zero-order valence-corrected chi connectivity index (χ0v) is 11.2. The van der Waals surface area contributed by atoms with Crippen LogP contribution in [0.3, 0.4) is 0 Å². The van der Waals surface area contributed by atoms with E-state index in [2.05, 4.69) is 10.6 Å². The lowest BCUT2D eigenvalue weighted by Crippen LogP contribution is -2.45. The summed E-state index contributed by atoms with van der Waals surface area (Å²) in [5.41, 5.74) is 0. The minimum Gasteiger partial charge on any atom is -0.480 e. The minimum atomic E-state index is -1.02. The molecule has 1 amide bonds. The van der Waals surface area contributed by atoms with E-state index >= 15 is 0 Å². The molecule has 3 N–H and O–H groups in total. The summed E-state index contributed by atoms with van der Waals surface area (Å²) in [6, 6.07) is -0.862. The third-order valence-electron chi connectivity index (χ3n) is 2.89. The highest BCUT2D eigenvalue weighted by Crippen LogP contribution is 2.04. The van der Waals surface area contributed by atoms with E-state index in [1.165, 1.54) is 0 Å². The molecule has 1 aliphatic heterocycles. The number of methoxy groups -OCH3 is 1. The maximum absolute atomic E-state index is 11.7. The molecule has 0 bridgehead atoms.